The smallest absolute Gasteiger partial charge is 0.0703 e. The Bertz CT molecular complexity index is 233. The van der Waals surface area contributed by atoms with Crippen molar-refractivity contribution in [2.24, 2.45) is 11.7 Å². The lowest BCUT2D eigenvalue weighted by Gasteiger charge is -2.36. The van der Waals surface area contributed by atoms with E-state index in [4.69, 9.17) is 10.5 Å². The lowest BCUT2D eigenvalue weighted by molar-refractivity contribution is 0.0401. The monoisotopic (exact) mass is 228 g/mol. The van der Waals surface area contributed by atoms with Gasteiger partial charge < -0.3 is 15.6 Å². The third kappa shape index (κ3) is 2.40. The number of likely N-dealkylation sites (N-methyl/N-ethyl adjacent to an activating group) is 1. The quantitative estimate of drug-likeness (QED) is 0.705. The zero-order valence-electron chi connectivity index (χ0n) is 10.3. The van der Waals surface area contributed by atoms with E-state index in [0.29, 0.717) is 12.0 Å². The molecule has 2 fully saturated rings. The highest BCUT2D eigenvalue weighted by atomic mass is 16.5. The predicted octanol–water partition coefficient (Wildman–Crippen LogP) is 0.194. The number of hydrogen-bond acceptors (Lipinski definition) is 4. The maximum absolute atomic E-state index is 9.53. The highest BCUT2D eigenvalue weighted by Crippen LogP contribution is 2.34. The first-order chi connectivity index (χ1) is 7.65. The molecule has 0 aromatic rings. The molecule has 0 aromatic carbocycles. The SMILES string of the molecule is CC1OCCC1N(C)C(CO)C(N)C1CC1. The molecule has 0 spiro atoms. The van der Waals surface area contributed by atoms with E-state index in [-0.39, 0.29) is 24.8 Å². The topological polar surface area (TPSA) is 58.7 Å². The third-order valence-corrected chi connectivity index (χ3v) is 4.18. The molecule has 94 valence electrons. The Morgan fingerprint density at radius 1 is 1.44 bits per heavy atom. The summed E-state index contributed by atoms with van der Waals surface area (Å²) in [4.78, 5) is 2.24. The standard InChI is InChI=1S/C12H24N2O2/c1-8-10(5-6-16-8)14(2)11(7-15)12(13)9-3-4-9/h8-12,15H,3-7,13H2,1-2H3. The fourth-order valence-corrected chi connectivity index (χ4v) is 2.82. The van der Waals surface area contributed by atoms with E-state index >= 15 is 0 Å². The number of aliphatic hydroxyl groups excluding tert-OH is 1. The minimum atomic E-state index is 0.0849. The van der Waals surface area contributed by atoms with Crippen LogP contribution in [-0.4, -0.2) is 54.5 Å². The highest BCUT2D eigenvalue weighted by Gasteiger charge is 2.39. The van der Waals surface area contributed by atoms with Gasteiger partial charge in [-0.3, -0.25) is 4.90 Å². The van der Waals surface area contributed by atoms with E-state index in [0.717, 1.165) is 13.0 Å². The summed E-state index contributed by atoms with van der Waals surface area (Å²) in [6.07, 6.45) is 3.75. The van der Waals surface area contributed by atoms with Gasteiger partial charge >= 0.3 is 0 Å². The normalized spacial score (nSPS) is 34.3. The zero-order valence-corrected chi connectivity index (χ0v) is 10.3. The fraction of sp³-hybridized carbons (Fsp3) is 1.00. The molecule has 0 aromatic heterocycles. The van der Waals surface area contributed by atoms with E-state index in [1.165, 1.54) is 12.8 Å². The molecular weight excluding hydrogens is 204 g/mol. The molecule has 1 saturated heterocycles. The summed E-state index contributed by atoms with van der Waals surface area (Å²) in [7, 11) is 2.07. The van der Waals surface area contributed by atoms with Gasteiger partial charge in [0.05, 0.1) is 12.7 Å². The Labute approximate surface area is 97.7 Å². The maximum Gasteiger partial charge on any atom is 0.0703 e. The van der Waals surface area contributed by atoms with E-state index in [1.54, 1.807) is 0 Å². The molecule has 4 atom stereocenters. The van der Waals surface area contributed by atoms with Crippen LogP contribution in [0.5, 0.6) is 0 Å². The Hall–Kier alpha value is -0.160. The first-order valence-electron chi connectivity index (χ1n) is 6.35. The average Bonchev–Trinajstić information content (AvgIpc) is 3.02. The van der Waals surface area contributed by atoms with E-state index < -0.39 is 0 Å². The van der Waals surface area contributed by atoms with Crippen LogP contribution >= 0.6 is 0 Å². The number of nitrogens with zero attached hydrogens (tertiary/aromatic N) is 1. The van der Waals surface area contributed by atoms with Gasteiger partial charge in [0.25, 0.3) is 0 Å². The van der Waals surface area contributed by atoms with Gasteiger partial charge in [-0.15, -0.1) is 0 Å². The summed E-state index contributed by atoms with van der Waals surface area (Å²) in [5.41, 5.74) is 6.21. The first-order valence-corrected chi connectivity index (χ1v) is 6.35. The molecule has 0 radical (unpaired) electrons. The summed E-state index contributed by atoms with van der Waals surface area (Å²) in [5.74, 6) is 0.622. The van der Waals surface area contributed by atoms with Crippen molar-refractivity contribution in [3.8, 4) is 0 Å². The molecule has 1 aliphatic carbocycles. The van der Waals surface area contributed by atoms with Crippen molar-refractivity contribution in [3.05, 3.63) is 0 Å². The number of rotatable bonds is 5. The molecule has 0 bridgehead atoms. The van der Waals surface area contributed by atoms with Crippen molar-refractivity contribution in [1.82, 2.24) is 4.90 Å². The van der Waals surface area contributed by atoms with Crippen LogP contribution in [-0.2, 0) is 4.74 Å². The maximum atomic E-state index is 9.53. The van der Waals surface area contributed by atoms with Crippen LogP contribution in [0, 0.1) is 5.92 Å². The van der Waals surface area contributed by atoms with Crippen molar-refractivity contribution in [2.45, 2.75) is 50.4 Å². The summed E-state index contributed by atoms with van der Waals surface area (Å²) in [6.45, 7) is 3.08. The third-order valence-electron chi connectivity index (χ3n) is 4.18. The highest BCUT2D eigenvalue weighted by molar-refractivity contribution is 4.95. The number of nitrogens with two attached hydrogens (primary N) is 1. The molecule has 16 heavy (non-hydrogen) atoms. The van der Waals surface area contributed by atoms with Gasteiger partial charge in [-0.1, -0.05) is 0 Å². The van der Waals surface area contributed by atoms with Crippen molar-refractivity contribution in [1.29, 1.82) is 0 Å². The van der Waals surface area contributed by atoms with Gasteiger partial charge in [-0.25, -0.2) is 0 Å². The van der Waals surface area contributed by atoms with Gasteiger partial charge in [0, 0.05) is 24.7 Å². The molecule has 4 unspecified atom stereocenters. The zero-order chi connectivity index (χ0) is 11.7. The second-order valence-electron chi connectivity index (χ2n) is 5.26. The lowest BCUT2D eigenvalue weighted by Crippen LogP contribution is -2.54. The molecule has 4 nitrogen and oxygen atoms in total. The first kappa shape index (κ1) is 12.3. The van der Waals surface area contributed by atoms with Crippen molar-refractivity contribution >= 4 is 0 Å². The molecule has 1 saturated carbocycles. The predicted molar refractivity (Wildman–Crippen MR) is 63.2 cm³/mol. The minimum Gasteiger partial charge on any atom is -0.395 e. The van der Waals surface area contributed by atoms with Crippen LogP contribution in [0.3, 0.4) is 0 Å². The van der Waals surface area contributed by atoms with E-state index in [2.05, 4.69) is 18.9 Å². The largest absolute Gasteiger partial charge is 0.395 e. The summed E-state index contributed by atoms with van der Waals surface area (Å²) >= 11 is 0. The molecular formula is C12H24N2O2. The van der Waals surface area contributed by atoms with Crippen molar-refractivity contribution in [2.75, 3.05) is 20.3 Å². The van der Waals surface area contributed by atoms with Crippen LogP contribution < -0.4 is 5.73 Å². The molecule has 0 amide bonds. The Morgan fingerprint density at radius 3 is 2.56 bits per heavy atom. The molecule has 1 heterocycles. The summed E-state index contributed by atoms with van der Waals surface area (Å²) in [5, 5.41) is 9.53. The van der Waals surface area contributed by atoms with Crippen LogP contribution in [0.25, 0.3) is 0 Å². The number of aliphatic hydroxyl groups is 1. The molecule has 4 heteroatoms. The number of ether oxygens (including phenoxy) is 1. The second kappa shape index (κ2) is 5.00. The lowest BCUT2D eigenvalue weighted by atomic mass is 10.00. The molecule has 1 aliphatic heterocycles. The average molecular weight is 228 g/mol. The van der Waals surface area contributed by atoms with Gasteiger partial charge in [-0.05, 0) is 39.2 Å². The molecule has 3 N–H and O–H groups in total. The number of hydrogen-bond donors (Lipinski definition) is 2. The van der Waals surface area contributed by atoms with Crippen molar-refractivity contribution in [3.63, 3.8) is 0 Å². The van der Waals surface area contributed by atoms with E-state index in [9.17, 15) is 5.11 Å². The van der Waals surface area contributed by atoms with Crippen LogP contribution in [0.2, 0.25) is 0 Å². The minimum absolute atomic E-state index is 0.0849. The van der Waals surface area contributed by atoms with Crippen LogP contribution in [0.15, 0.2) is 0 Å². The summed E-state index contributed by atoms with van der Waals surface area (Å²) in [6, 6.07) is 0.603. The Kier molecular flexibility index (Phi) is 3.85. The fourth-order valence-electron chi connectivity index (χ4n) is 2.82. The van der Waals surface area contributed by atoms with Gasteiger partial charge in [-0.2, -0.15) is 0 Å². The summed E-state index contributed by atoms with van der Waals surface area (Å²) < 4.78 is 5.57. The van der Waals surface area contributed by atoms with Gasteiger partial charge in [0.1, 0.15) is 0 Å². The van der Waals surface area contributed by atoms with Gasteiger partial charge in [0.15, 0.2) is 0 Å². The van der Waals surface area contributed by atoms with Crippen LogP contribution in [0.4, 0.5) is 0 Å². The van der Waals surface area contributed by atoms with Gasteiger partial charge in [0.2, 0.25) is 0 Å². The molecule has 2 aliphatic rings. The van der Waals surface area contributed by atoms with Crippen LogP contribution in [0.1, 0.15) is 26.2 Å². The Morgan fingerprint density at radius 2 is 2.12 bits per heavy atom. The van der Waals surface area contributed by atoms with E-state index in [1.807, 2.05) is 0 Å². The Balaban J connectivity index is 1.96. The molecule has 2 rings (SSSR count). The van der Waals surface area contributed by atoms with Crippen molar-refractivity contribution < 1.29 is 9.84 Å². The second-order valence-corrected chi connectivity index (χ2v) is 5.26.